The average molecular weight is 394 g/mol. The van der Waals surface area contributed by atoms with Crippen molar-refractivity contribution in [2.24, 2.45) is 0 Å². The van der Waals surface area contributed by atoms with E-state index in [1.54, 1.807) is 0 Å². The highest BCUT2D eigenvalue weighted by Crippen LogP contribution is 2.40. The van der Waals surface area contributed by atoms with E-state index in [2.05, 4.69) is 27.8 Å². The van der Waals surface area contributed by atoms with Crippen molar-refractivity contribution in [1.82, 2.24) is 10.3 Å². The molecule has 2 aromatic rings. The molecule has 2 N–H and O–H groups in total. The van der Waals surface area contributed by atoms with Crippen molar-refractivity contribution in [3.63, 3.8) is 0 Å². The van der Waals surface area contributed by atoms with Gasteiger partial charge in [0.15, 0.2) is 5.11 Å². The van der Waals surface area contributed by atoms with Crippen LogP contribution in [-0.2, 0) is 5.41 Å². The normalized spacial score (nSPS) is 15.8. The third-order valence-corrected chi connectivity index (χ3v) is 5.77. The number of pyridine rings is 1. The van der Waals surface area contributed by atoms with Gasteiger partial charge in [-0.3, -0.25) is 0 Å². The summed E-state index contributed by atoms with van der Waals surface area (Å²) in [5.74, 6) is 0.700. The molecule has 3 nitrogen and oxygen atoms in total. The van der Waals surface area contributed by atoms with Crippen LogP contribution in [0.25, 0.3) is 0 Å². The zero-order chi connectivity index (χ0) is 17.9. The predicted molar refractivity (Wildman–Crippen MR) is 110 cm³/mol. The molecule has 0 atom stereocenters. The Balaban J connectivity index is 1.66. The number of thiocarbonyl (C=S) groups is 1. The molecular weight excluding hydrogens is 373 g/mol. The van der Waals surface area contributed by atoms with Gasteiger partial charge >= 0.3 is 0 Å². The maximum absolute atomic E-state index is 6.04. The minimum atomic E-state index is 0.111. The fraction of sp³-hybridized carbons (Fsp3) is 0.368. The molecule has 0 bridgehead atoms. The lowest BCUT2D eigenvalue weighted by Gasteiger charge is -2.30. The monoisotopic (exact) mass is 393 g/mol. The van der Waals surface area contributed by atoms with Gasteiger partial charge in [0.05, 0.1) is 10.7 Å². The maximum Gasteiger partial charge on any atom is 0.171 e. The molecule has 0 saturated heterocycles. The average Bonchev–Trinajstić information content (AvgIpc) is 3.07. The standard InChI is InChI=1S/C19H21Cl2N3S/c1-13-16(21)8-9-17(23-13)24-18(25)22-12-19(10-2-3-11-19)14-4-6-15(20)7-5-14/h4-9H,2-3,10-12H2,1H3,(H2,22,23,24,25). The molecule has 132 valence electrons. The van der Waals surface area contributed by atoms with Crippen LogP contribution in [0.2, 0.25) is 10.0 Å². The van der Waals surface area contributed by atoms with Crippen LogP contribution in [0.1, 0.15) is 36.9 Å². The van der Waals surface area contributed by atoms with Crippen molar-refractivity contribution in [3.05, 3.63) is 57.7 Å². The fourth-order valence-corrected chi connectivity index (χ4v) is 3.85. The summed E-state index contributed by atoms with van der Waals surface area (Å²) >= 11 is 17.5. The molecule has 0 spiro atoms. The first-order chi connectivity index (χ1) is 12.0. The number of nitrogens with zero attached hydrogens (tertiary/aromatic N) is 1. The first-order valence-electron chi connectivity index (χ1n) is 8.43. The van der Waals surface area contributed by atoms with Crippen LogP contribution in [0.15, 0.2) is 36.4 Å². The Morgan fingerprint density at radius 3 is 2.44 bits per heavy atom. The van der Waals surface area contributed by atoms with E-state index >= 15 is 0 Å². The van der Waals surface area contributed by atoms with Gasteiger partial charge in [-0.05, 0) is 61.8 Å². The van der Waals surface area contributed by atoms with Gasteiger partial charge < -0.3 is 10.6 Å². The van der Waals surface area contributed by atoms with E-state index in [9.17, 15) is 0 Å². The quantitative estimate of drug-likeness (QED) is 0.672. The summed E-state index contributed by atoms with van der Waals surface area (Å²) in [5, 5.41) is 8.51. The molecule has 0 amide bonds. The van der Waals surface area contributed by atoms with Crippen molar-refractivity contribution >= 4 is 46.4 Å². The first kappa shape index (κ1) is 18.4. The third kappa shape index (κ3) is 4.43. The lowest BCUT2D eigenvalue weighted by atomic mass is 9.79. The Labute approximate surface area is 164 Å². The predicted octanol–water partition coefficient (Wildman–Crippen LogP) is 5.50. The number of aryl methyl sites for hydroxylation is 1. The topological polar surface area (TPSA) is 37.0 Å². The maximum atomic E-state index is 6.04. The van der Waals surface area contributed by atoms with Crippen molar-refractivity contribution in [3.8, 4) is 0 Å². The van der Waals surface area contributed by atoms with Crippen molar-refractivity contribution in [1.29, 1.82) is 0 Å². The molecule has 0 unspecified atom stereocenters. The molecule has 0 aliphatic heterocycles. The summed E-state index contributed by atoms with van der Waals surface area (Å²) in [5.41, 5.74) is 2.22. The highest BCUT2D eigenvalue weighted by atomic mass is 35.5. The molecule has 6 heteroatoms. The smallest absolute Gasteiger partial charge is 0.171 e. The summed E-state index contributed by atoms with van der Waals surface area (Å²) in [4.78, 5) is 4.39. The van der Waals surface area contributed by atoms with Gasteiger partial charge in [-0.25, -0.2) is 4.98 Å². The highest BCUT2D eigenvalue weighted by Gasteiger charge is 2.35. The molecule has 1 saturated carbocycles. The number of halogens is 2. The van der Waals surface area contributed by atoms with Crippen LogP contribution >= 0.6 is 35.4 Å². The summed E-state index contributed by atoms with van der Waals surface area (Å²) in [7, 11) is 0. The molecule has 1 fully saturated rings. The molecule has 3 rings (SSSR count). The van der Waals surface area contributed by atoms with E-state index in [0.29, 0.717) is 16.0 Å². The second-order valence-corrected chi connectivity index (χ2v) is 7.82. The lowest BCUT2D eigenvalue weighted by Crippen LogP contribution is -2.40. The molecule has 1 aliphatic carbocycles. The van der Waals surface area contributed by atoms with Gasteiger partial charge in [0.1, 0.15) is 5.82 Å². The Bertz CT molecular complexity index is 756. The first-order valence-corrected chi connectivity index (χ1v) is 9.59. The minimum Gasteiger partial charge on any atom is -0.362 e. The van der Waals surface area contributed by atoms with Gasteiger partial charge in [-0.1, -0.05) is 48.2 Å². The second-order valence-electron chi connectivity index (χ2n) is 6.57. The molecule has 0 radical (unpaired) electrons. The van der Waals surface area contributed by atoms with E-state index < -0.39 is 0 Å². The van der Waals surface area contributed by atoms with Crippen LogP contribution in [0.3, 0.4) is 0 Å². The molecular formula is C19H21Cl2N3S. The summed E-state index contributed by atoms with van der Waals surface area (Å²) in [6.45, 7) is 2.67. The molecule has 1 aromatic carbocycles. The molecule has 25 heavy (non-hydrogen) atoms. The lowest BCUT2D eigenvalue weighted by molar-refractivity contribution is 0.435. The van der Waals surface area contributed by atoms with Crippen LogP contribution < -0.4 is 10.6 Å². The van der Waals surface area contributed by atoms with E-state index in [-0.39, 0.29) is 5.41 Å². The Hall–Kier alpha value is -1.36. The largest absolute Gasteiger partial charge is 0.362 e. The Morgan fingerprint density at radius 1 is 1.12 bits per heavy atom. The van der Waals surface area contributed by atoms with E-state index in [4.69, 9.17) is 35.4 Å². The molecule has 1 aliphatic rings. The Kier molecular flexibility index (Phi) is 5.82. The van der Waals surface area contributed by atoms with Gasteiger partial charge in [-0.2, -0.15) is 0 Å². The van der Waals surface area contributed by atoms with Crippen LogP contribution in [-0.4, -0.2) is 16.6 Å². The number of hydrogen-bond acceptors (Lipinski definition) is 2. The Morgan fingerprint density at radius 2 is 1.80 bits per heavy atom. The zero-order valence-corrected chi connectivity index (χ0v) is 16.4. The zero-order valence-electron chi connectivity index (χ0n) is 14.1. The van der Waals surface area contributed by atoms with Gasteiger partial charge in [0.2, 0.25) is 0 Å². The number of hydrogen-bond donors (Lipinski definition) is 2. The van der Waals surface area contributed by atoms with Crippen molar-refractivity contribution in [2.45, 2.75) is 38.0 Å². The van der Waals surface area contributed by atoms with E-state index in [1.165, 1.54) is 18.4 Å². The number of aromatic nitrogens is 1. The fourth-order valence-electron chi connectivity index (χ4n) is 3.45. The second kappa shape index (κ2) is 7.90. The summed E-state index contributed by atoms with van der Waals surface area (Å²) in [6.07, 6.45) is 4.79. The van der Waals surface area contributed by atoms with E-state index in [1.807, 2.05) is 31.2 Å². The number of rotatable bonds is 4. The van der Waals surface area contributed by atoms with Crippen molar-refractivity contribution in [2.75, 3.05) is 11.9 Å². The molecule has 1 aromatic heterocycles. The number of anilines is 1. The molecule has 1 heterocycles. The highest BCUT2D eigenvalue weighted by molar-refractivity contribution is 7.80. The van der Waals surface area contributed by atoms with Crippen LogP contribution in [0.5, 0.6) is 0 Å². The van der Waals surface area contributed by atoms with Crippen LogP contribution in [0, 0.1) is 6.92 Å². The summed E-state index contributed by atoms with van der Waals surface area (Å²) in [6, 6.07) is 11.8. The summed E-state index contributed by atoms with van der Waals surface area (Å²) < 4.78 is 0. The van der Waals surface area contributed by atoms with Crippen molar-refractivity contribution < 1.29 is 0 Å². The minimum absolute atomic E-state index is 0.111. The SMILES string of the molecule is Cc1nc(NC(=S)NCC2(c3ccc(Cl)cc3)CCCC2)ccc1Cl. The van der Waals surface area contributed by atoms with Gasteiger partial charge in [0.25, 0.3) is 0 Å². The number of benzene rings is 1. The number of nitrogens with one attached hydrogen (secondary N) is 2. The van der Waals surface area contributed by atoms with E-state index in [0.717, 1.165) is 30.1 Å². The van der Waals surface area contributed by atoms with Crippen LogP contribution in [0.4, 0.5) is 5.82 Å². The van der Waals surface area contributed by atoms with Gasteiger partial charge in [-0.15, -0.1) is 0 Å². The van der Waals surface area contributed by atoms with Gasteiger partial charge in [0, 0.05) is 17.0 Å². The third-order valence-electron chi connectivity index (χ3n) is 4.87.